The van der Waals surface area contributed by atoms with E-state index in [2.05, 4.69) is 45.2 Å². The van der Waals surface area contributed by atoms with Crippen LogP contribution in [0.5, 0.6) is 0 Å². The summed E-state index contributed by atoms with van der Waals surface area (Å²) in [5.74, 6) is 0.544. The molecule has 18 heavy (non-hydrogen) atoms. The van der Waals surface area contributed by atoms with E-state index in [0.717, 1.165) is 25.3 Å². The molecule has 0 unspecified atom stereocenters. The van der Waals surface area contributed by atoms with E-state index in [9.17, 15) is 0 Å². The summed E-state index contributed by atoms with van der Waals surface area (Å²) in [6, 6.07) is 10.7. The molecule has 0 N–H and O–H groups in total. The molecule has 1 aromatic heterocycles. The van der Waals surface area contributed by atoms with Gasteiger partial charge in [0.1, 0.15) is 0 Å². The maximum Gasteiger partial charge on any atom is 0.0630 e. The fourth-order valence-corrected chi connectivity index (χ4v) is 2.58. The van der Waals surface area contributed by atoms with Crippen molar-refractivity contribution in [2.75, 3.05) is 13.1 Å². The normalized spacial score (nSPS) is 20.1. The molecule has 3 nitrogen and oxygen atoms in total. The zero-order valence-corrected chi connectivity index (χ0v) is 10.4. The van der Waals surface area contributed by atoms with Crippen molar-refractivity contribution in [2.45, 2.75) is 18.9 Å². The maximum absolute atomic E-state index is 4.41. The van der Waals surface area contributed by atoms with Crippen molar-refractivity contribution in [1.82, 2.24) is 14.9 Å². The van der Waals surface area contributed by atoms with Crippen LogP contribution in [0.3, 0.4) is 0 Å². The molecule has 2 heterocycles. The lowest BCUT2D eigenvalue weighted by Gasteiger charge is -2.15. The summed E-state index contributed by atoms with van der Waals surface area (Å²) in [7, 11) is 0. The summed E-state index contributed by atoms with van der Waals surface area (Å²) in [6.45, 7) is 3.28. The molecule has 0 amide bonds. The van der Waals surface area contributed by atoms with E-state index in [-0.39, 0.29) is 0 Å². The molecule has 0 aliphatic carbocycles. The first-order valence-electron chi connectivity index (χ1n) is 6.44. The first-order valence-corrected chi connectivity index (χ1v) is 6.44. The summed E-state index contributed by atoms with van der Waals surface area (Å²) in [5.41, 5.74) is 2.52. The zero-order chi connectivity index (χ0) is 12.2. The molecule has 92 valence electrons. The minimum absolute atomic E-state index is 0.544. The molecule has 3 heteroatoms. The van der Waals surface area contributed by atoms with E-state index < -0.39 is 0 Å². The molecule has 2 aromatic rings. The smallest absolute Gasteiger partial charge is 0.0630 e. The lowest BCUT2D eigenvalue weighted by Crippen LogP contribution is -2.19. The number of hydrogen-bond donors (Lipinski definition) is 0. The van der Waals surface area contributed by atoms with E-state index in [1.165, 1.54) is 12.0 Å². The summed E-state index contributed by atoms with van der Waals surface area (Å²) < 4.78 is 0. The average Bonchev–Trinajstić information content (AvgIpc) is 2.89. The molecule has 1 atom stereocenters. The number of hydrogen-bond acceptors (Lipinski definition) is 3. The van der Waals surface area contributed by atoms with Gasteiger partial charge in [0.2, 0.25) is 0 Å². The number of rotatable bonds is 3. The zero-order valence-electron chi connectivity index (χ0n) is 10.4. The Labute approximate surface area is 108 Å². The summed E-state index contributed by atoms with van der Waals surface area (Å²) in [4.78, 5) is 11.1. The highest BCUT2D eigenvalue weighted by atomic mass is 15.1. The van der Waals surface area contributed by atoms with Gasteiger partial charge < -0.3 is 0 Å². The standard InChI is InChI=1S/C15H17N3/c1-2-4-13(5-3-1)11-18-9-6-14(12-18)15-10-16-7-8-17-15/h1-5,7-8,10,14H,6,9,11-12H2/t14-/m1/s1. The largest absolute Gasteiger partial charge is 0.298 e. The first-order chi connectivity index (χ1) is 8.92. The van der Waals surface area contributed by atoms with Gasteiger partial charge in [0.05, 0.1) is 5.69 Å². The molecular formula is C15H17N3. The van der Waals surface area contributed by atoms with E-state index in [0.29, 0.717) is 5.92 Å². The number of likely N-dealkylation sites (tertiary alicyclic amines) is 1. The monoisotopic (exact) mass is 239 g/mol. The lowest BCUT2D eigenvalue weighted by atomic mass is 10.1. The molecule has 0 spiro atoms. The SMILES string of the molecule is c1ccc(CN2CC[C@@H](c3cnccn3)C2)cc1. The summed E-state index contributed by atoms with van der Waals surface area (Å²) in [5, 5.41) is 0. The Bertz CT molecular complexity index is 484. The van der Waals surface area contributed by atoms with Gasteiger partial charge in [-0.15, -0.1) is 0 Å². The molecule has 0 bridgehead atoms. The number of nitrogens with zero attached hydrogens (tertiary/aromatic N) is 3. The highest BCUT2D eigenvalue weighted by molar-refractivity contribution is 5.15. The average molecular weight is 239 g/mol. The van der Waals surface area contributed by atoms with Gasteiger partial charge >= 0.3 is 0 Å². The third-order valence-corrected chi connectivity index (χ3v) is 3.52. The van der Waals surface area contributed by atoms with Crippen LogP contribution >= 0.6 is 0 Å². The second-order valence-corrected chi connectivity index (χ2v) is 4.84. The van der Waals surface area contributed by atoms with Crippen molar-refractivity contribution in [3.63, 3.8) is 0 Å². The Morgan fingerprint density at radius 3 is 2.83 bits per heavy atom. The number of benzene rings is 1. The van der Waals surface area contributed by atoms with Gasteiger partial charge in [0.15, 0.2) is 0 Å². The van der Waals surface area contributed by atoms with Crippen molar-refractivity contribution in [3.05, 3.63) is 60.2 Å². The first kappa shape index (κ1) is 11.4. The molecule has 3 rings (SSSR count). The summed E-state index contributed by atoms with van der Waals surface area (Å²) in [6.07, 6.45) is 6.61. The van der Waals surface area contributed by atoms with Crippen molar-refractivity contribution < 1.29 is 0 Å². The topological polar surface area (TPSA) is 29.0 Å². The van der Waals surface area contributed by atoms with Gasteiger partial charge in [0, 0.05) is 37.6 Å². The predicted octanol–water partition coefficient (Wildman–Crippen LogP) is 2.47. The van der Waals surface area contributed by atoms with Crippen LogP contribution < -0.4 is 0 Å². The van der Waals surface area contributed by atoms with E-state index in [1.54, 1.807) is 12.4 Å². The Hall–Kier alpha value is -1.74. The Morgan fingerprint density at radius 1 is 1.17 bits per heavy atom. The predicted molar refractivity (Wildman–Crippen MR) is 71.1 cm³/mol. The van der Waals surface area contributed by atoms with Crippen molar-refractivity contribution in [2.24, 2.45) is 0 Å². The van der Waals surface area contributed by atoms with Crippen LogP contribution in [0.4, 0.5) is 0 Å². The fourth-order valence-electron chi connectivity index (χ4n) is 2.58. The van der Waals surface area contributed by atoms with Crippen molar-refractivity contribution >= 4 is 0 Å². The van der Waals surface area contributed by atoms with Crippen LogP contribution in [0.1, 0.15) is 23.6 Å². The molecule has 0 saturated carbocycles. The highest BCUT2D eigenvalue weighted by Gasteiger charge is 2.24. The van der Waals surface area contributed by atoms with Gasteiger partial charge in [-0.2, -0.15) is 0 Å². The third-order valence-electron chi connectivity index (χ3n) is 3.52. The second kappa shape index (κ2) is 5.27. The quantitative estimate of drug-likeness (QED) is 0.824. The van der Waals surface area contributed by atoms with Crippen LogP contribution in [0.15, 0.2) is 48.9 Å². The third kappa shape index (κ3) is 2.57. The van der Waals surface area contributed by atoms with Gasteiger partial charge in [-0.3, -0.25) is 14.9 Å². The molecule has 1 saturated heterocycles. The maximum atomic E-state index is 4.41. The Morgan fingerprint density at radius 2 is 2.06 bits per heavy atom. The van der Waals surface area contributed by atoms with Crippen LogP contribution in [0, 0.1) is 0 Å². The molecule has 0 radical (unpaired) electrons. The van der Waals surface area contributed by atoms with E-state index in [4.69, 9.17) is 0 Å². The number of aromatic nitrogens is 2. The van der Waals surface area contributed by atoms with Crippen LogP contribution in [0.2, 0.25) is 0 Å². The van der Waals surface area contributed by atoms with E-state index >= 15 is 0 Å². The van der Waals surface area contributed by atoms with Crippen LogP contribution in [-0.2, 0) is 6.54 Å². The minimum atomic E-state index is 0.544. The highest BCUT2D eigenvalue weighted by Crippen LogP contribution is 2.26. The molecule has 1 aliphatic rings. The fraction of sp³-hybridized carbons (Fsp3) is 0.333. The van der Waals surface area contributed by atoms with Gasteiger partial charge in [0.25, 0.3) is 0 Å². The van der Waals surface area contributed by atoms with Gasteiger partial charge in [-0.1, -0.05) is 30.3 Å². The van der Waals surface area contributed by atoms with Gasteiger partial charge in [-0.05, 0) is 18.5 Å². The molecular weight excluding hydrogens is 222 g/mol. The molecule has 1 aliphatic heterocycles. The van der Waals surface area contributed by atoms with Crippen LogP contribution in [0.25, 0.3) is 0 Å². The second-order valence-electron chi connectivity index (χ2n) is 4.84. The van der Waals surface area contributed by atoms with Crippen molar-refractivity contribution in [3.8, 4) is 0 Å². The lowest BCUT2D eigenvalue weighted by molar-refractivity contribution is 0.326. The summed E-state index contributed by atoms with van der Waals surface area (Å²) >= 11 is 0. The Balaban J connectivity index is 1.62. The Kier molecular flexibility index (Phi) is 3.33. The molecule has 1 fully saturated rings. The van der Waals surface area contributed by atoms with Gasteiger partial charge in [-0.25, -0.2) is 0 Å². The van der Waals surface area contributed by atoms with Crippen molar-refractivity contribution in [1.29, 1.82) is 0 Å². The van der Waals surface area contributed by atoms with Crippen LogP contribution in [-0.4, -0.2) is 28.0 Å². The minimum Gasteiger partial charge on any atom is -0.298 e. The van der Waals surface area contributed by atoms with E-state index in [1.807, 2.05) is 6.20 Å². The molecule has 1 aromatic carbocycles.